The van der Waals surface area contributed by atoms with Crippen molar-refractivity contribution in [2.75, 3.05) is 7.05 Å². The number of carboxylic acids is 1. The van der Waals surface area contributed by atoms with Gasteiger partial charge in [-0.2, -0.15) is 0 Å². The van der Waals surface area contributed by atoms with E-state index in [9.17, 15) is 9.59 Å². The summed E-state index contributed by atoms with van der Waals surface area (Å²) >= 11 is 0. The van der Waals surface area contributed by atoms with E-state index in [1.807, 2.05) is 0 Å². The number of ketones is 1. The SMILES string of the molecule is CNC(C(=O)O)C(=O)c1coc2ccccc12. The zero-order chi connectivity index (χ0) is 12.4. The number of Topliss-reactive ketones (excluding diaryl/α,β-unsaturated/α-hetero) is 1. The highest BCUT2D eigenvalue weighted by molar-refractivity contribution is 6.16. The van der Waals surface area contributed by atoms with Gasteiger partial charge in [-0.3, -0.25) is 9.59 Å². The first-order chi connectivity index (χ1) is 8.15. The number of furan rings is 1. The Hall–Kier alpha value is -2.14. The second-order valence-corrected chi connectivity index (χ2v) is 3.57. The molecule has 0 saturated heterocycles. The molecule has 88 valence electrons. The van der Waals surface area contributed by atoms with Crippen molar-refractivity contribution >= 4 is 22.7 Å². The predicted octanol–water partition coefficient (Wildman–Crippen LogP) is 1.29. The maximum Gasteiger partial charge on any atom is 0.328 e. The molecule has 0 aliphatic carbocycles. The summed E-state index contributed by atoms with van der Waals surface area (Å²) in [6, 6.07) is 5.74. The van der Waals surface area contributed by atoms with Crippen LogP contribution in [0.5, 0.6) is 0 Å². The highest BCUT2D eigenvalue weighted by Gasteiger charge is 2.27. The van der Waals surface area contributed by atoms with Crippen LogP contribution in [0.25, 0.3) is 11.0 Å². The third-order valence-corrected chi connectivity index (χ3v) is 2.54. The average molecular weight is 233 g/mol. The monoisotopic (exact) mass is 233 g/mol. The molecule has 2 N–H and O–H groups in total. The van der Waals surface area contributed by atoms with Crippen LogP contribution >= 0.6 is 0 Å². The Morgan fingerprint density at radius 2 is 2.06 bits per heavy atom. The van der Waals surface area contributed by atoms with Gasteiger partial charge in [0, 0.05) is 5.39 Å². The van der Waals surface area contributed by atoms with Crippen LogP contribution in [0.2, 0.25) is 0 Å². The second kappa shape index (κ2) is 4.39. The summed E-state index contributed by atoms with van der Waals surface area (Å²) in [7, 11) is 1.43. The van der Waals surface area contributed by atoms with E-state index in [-0.39, 0.29) is 5.56 Å². The van der Waals surface area contributed by atoms with E-state index in [0.29, 0.717) is 11.0 Å². The number of fused-ring (bicyclic) bond motifs is 1. The Labute approximate surface area is 97.0 Å². The van der Waals surface area contributed by atoms with E-state index in [1.54, 1.807) is 24.3 Å². The molecule has 0 radical (unpaired) electrons. The fourth-order valence-electron chi connectivity index (χ4n) is 1.69. The first-order valence-electron chi connectivity index (χ1n) is 5.05. The summed E-state index contributed by atoms with van der Waals surface area (Å²) in [6.07, 6.45) is 1.29. The molecule has 1 unspecified atom stereocenters. The van der Waals surface area contributed by atoms with E-state index in [2.05, 4.69) is 5.32 Å². The first kappa shape index (κ1) is 11.3. The van der Waals surface area contributed by atoms with E-state index in [4.69, 9.17) is 9.52 Å². The number of rotatable bonds is 4. The number of aliphatic carboxylic acids is 1. The van der Waals surface area contributed by atoms with Gasteiger partial charge in [0.1, 0.15) is 11.8 Å². The van der Waals surface area contributed by atoms with Crippen LogP contribution < -0.4 is 5.32 Å². The summed E-state index contributed by atoms with van der Waals surface area (Å²) < 4.78 is 5.20. The number of carbonyl (C=O) groups is 2. The summed E-state index contributed by atoms with van der Waals surface area (Å²) in [4.78, 5) is 22.9. The molecule has 0 bridgehead atoms. The van der Waals surface area contributed by atoms with Crippen LogP contribution in [0.4, 0.5) is 0 Å². The minimum absolute atomic E-state index is 0.280. The fraction of sp³-hybridized carbons (Fsp3) is 0.167. The van der Waals surface area contributed by atoms with Crippen LogP contribution in [0.1, 0.15) is 10.4 Å². The molecule has 5 heteroatoms. The van der Waals surface area contributed by atoms with Crippen LogP contribution in [0.3, 0.4) is 0 Å². The summed E-state index contributed by atoms with van der Waals surface area (Å²) in [6.45, 7) is 0. The minimum Gasteiger partial charge on any atom is -0.480 e. The molecule has 0 saturated carbocycles. The Bertz CT molecular complexity index is 573. The molecular formula is C12H11NO4. The minimum atomic E-state index is -1.25. The van der Waals surface area contributed by atoms with E-state index in [1.165, 1.54) is 13.3 Å². The number of nitrogens with one attached hydrogen (secondary N) is 1. The second-order valence-electron chi connectivity index (χ2n) is 3.57. The number of carbonyl (C=O) groups excluding carboxylic acids is 1. The van der Waals surface area contributed by atoms with Gasteiger partial charge in [-0.05, 0) is 13.1 Å². The topological polar surface area (TPSA) is 79.5 Å². The van der Waals surface area contributed by atoms with Gasteiger partial charge in [0.25, 0.3) is 0 Å². The third kappa shape index (κ3) is 1.92. The van der Waals surface area contributed by atoms with Gasteiger partial charge >= 0.3 is 5.97 Å². The maximum atomic E-state index is 12.0. The Balaban J connectivity index is 2.46. The maximum absolute atomic E-state index is 12.0. The molecule has 0 spiro atoms. The Morgan fingerprint density at radius 3 is 2.71 bits per heavy atom. The van der Waals surface area contributed by atoms with Crippen LogP contribution in [0.15, 0.2) is 34.9 Å². The van der Waals surface area contributed by atoms with Gasteiger partial charge in [-0.15, -0.1) is 0 Å². The lowest BCUT2D eigenvalue weighted by atomic mass is 10.0. The fourth-order valence-corrected chi connectivity index (χ4v) is 1.69. The molecule has 1 atom stereocenters. The lowest BCUT2D eigenvalue weighted by Crippen LogP contribution is -2.41. The largest absolute Gasteiger partial charge is 0.480 e. The van der Waals surface area contributed by atoms with E-state index >= 15 is 0 Å². The lowest BCUT2D eigenvalue weighted by molar-refractivity contribution is -0.137. The molecule has 0 aliphatic rings. The van der Waals surface area contributed by atoms with Crippen LogP contribution in [0, 0.1) is 0 Å². The van der Waals surface area contributed by atoms with Crippen molar-refractivity contribution in [2.24, 2.45) is 0 Å². The molecule has 1 aromatic heterocycles. The number of para-hydroxylation sites is 1. The number of carboxylic acid groups (broad SMARTS) is 1. The summed E-state index contributed by atoms with van der Waals surface area (Å²) in [5.41, 5.74) is 0.846. The molecule has 17 heavy (non-hydrogen) atoms. The predicted molar refractivity (Wildman–Crippen MR) is 61.0 cm³/mol. The standard InChI is InChI=1S/C12H11NO4/c1-13-10(12(15)16)11(14)8-6-17-9-5-3-2-4-7(8)9/h2-6,10,13H,1H3,(H,15,16). The Morgan fingerprint density at radius 1 is 1.35 bits per heavy atom. The summed E-state index contributed by atoms with van der Waals surface area (Å²) in [5, 5.41) is 12.0. The zero-order valence-electron chi connectivity index (χ0n) is 9.14. The molecule has 0 aliphatic heterocycles. The quantitative estimate of drug-likeness (QED) is 0.614. The molecule has 2 rings (SSSR count). The highest BCUT2D eigenvalue weighted by atomic mass is 16.4. The molecule has 2 aromatic rings. The molecule has 0 fully saturated rings. The highest BCUT2D eigenvalue weighted by Crippen LogP contribution is 2.21. The number of benzene rings is 1. The van der Waals surface area contributed by atoms with Crippen molar-refractivity contribution in [1.29, 1.82) is 0 Å². The lowest BCUT2D eigenvalue weighted by Gasteiger charge is -2.08. The molecular weight excluding hydrogens is 222 g/mol. The summed E-state index contributed by atoms with van der Waals surface area (Å²) in [5.74, 6) is -1.72. The van der Waals surface area contributed by atoms with Gasteiger partial charge in [0.15, 0.2) is 11.8 Å². The van der Waals surface area contributed by atoms with Gasteiger partial charge in [0.05, 0.1) is 5.56 Å². The number of hydrogen-bond donors (Lipinski definition) is 2. The van der Waals surface area contributed by atoms with Gasteiger partial charge in [-0.1, -0.05) is 18.2 Å². The van der Waals surface area contributed by atoms with Gasteiger partial charge in [-0.25, -0.2) is 0 Å². The third-order valence-electron chi connectivity index (χ3n) is 2.54. The average Bonchev–Trinajstić information content (AvgIpc) is 2.72. The van der Waals surface area contributed by atoms with Crippen molar-refractivity contribution in [3.63, 3.8) is 0 Å². The van der Waals surface area contributed by atoms with Crippen LogP contribution in [-0.4, -0.2) is 29.9 Å². The van der Waals surface area contributed by atoms with Crippen molar-refractivity contribution in [3.05, 3.63) is 36.1 Å². The molecule has 5 nitrogen and oxygen atoms in total. The normalized spacial score (nSPS) is 12.5. The number of hydrogen-bond acceptors (Lipinski definition) is 4. The van der Waals surface area contributed by atoms with E-state index < -0.39 is 17.8 Å². The molecule has 0 amide bonds. The Kier molecular flexibility index (Phi) is 2.93. The van der Waals surface area contributed by atoms with Gasteiger partial charge < -0.3 is 14.8 Å². The molecule has 1 heterocycles. The smallest absolute Gasteiger partial charge is 0.328 e. The molecule has 1 aromatic carbocycles. The number of likely N-dealkylation sites (N-methyl/N-ethyl adjacent to an activating group) is 1. The van der Waals surface area contributed by atoms with Crippen molar-refractivity contribution in [1.82, 2.24) is 5.32 Å². The van der Waals surface area contributed by atoms with E-state index in [0.717, 1.165) is 0 Å². The van der Waals surface area contributed by atoms with Crippen molar-refractivity contribution < 1.29 is 19.1 Å². The first-order valence-corrected chi connectivity index (χ1v) is 5.05. The zero-order valence-corrected chi connectivity index (χ0v) is 9.14. The van der Waals surface area contributed by atoms with Crippen molar-refractivity contribution in [3.8, 4) is 0 Å². The van der Waals surface area contributed by atoms with Crippen LogP contribution in [-0.2, 0) is 4.79 Å². The van der Waals surface area contributed by atoms with Crippen molar-refractivity contribution in [2.45, 2.75) is 6.04 Å². The van der Waals surface area contributed by atoms with Gasteiger partial charge in [0.2, 0.25) is 0 Å².